The van der Waals surface area contributed by atoms with E-state index in [2.05, 4.69) is 0 Å². The molecule has 0 N–H and O–H groups in total. The van der Waals surface area contributed by atoms with E-state index in [0.717, 1.165) is 12.1 Å². The number of nitro benzene ring substituents is 1. The molecule has 0 aliphatic carbocycles. The van der Waals surface area contributed by atoms with Crippen LogP contribution in [-0.2, 0) is 0 Å². The van der Waals surface area contributed by atoms with Crippen molar-refractivity contribution in [2.75, 3.05) is 6.61 Å². The number of rotatable bonds is 4. The fourth-order valence-electron chi connectivity index (χ4n) is 1.01. The van der Waals surface area contributed by atoms with E-state index in [9.17, 15) is 14.5 Å². The van der Waals surface area contributed by atoms with Crippen LogP contribution in [0.2, 0.25) is 0 Å². The van der Waals surface area contributed by atoms with Gasteiger partial charge in [0, 0.05) is 0 Å². The predicted molar refractivity (Wildman–Crippen MR) is 53.4 cm³/mol. The third kappa shape index (κ3) is 3.19. The zero-order chi connectivity index (χ0) is 11.4. The van der Waals surface area contributed by atoms with Crippen LogP contribution in [0.1, 0.15) is 13.8 Å². The Balaban J connectivity index is 2.91. The van der Waals surface area contributed by atoms with Gasteiger partial charge < -0.3 is 4.74 Å². The first kappa shape index (κ1) is 11.4. The fourth-order valence-corrected chi connectivity index (χ4v) is 1.01. The molecule has 0 atom stereocenters. The van der Waals surface area contributed by atoms with Crippen molar-refractivity contribution >= 4 is 5.69 Å². The molecule has 0 spiro atoms. The molecular formula is C10H12FNO3. The molecule has 5 heteroatoms. The lowest BCUT2D eigenvalue weighted by Crippen LogP contribution is -2.06. The first-order valence-electron chi connectivity index (χ1n) is 4.57. The number of hydrogen-bond acceptors (Lipinski definition) is 3. The summed E-state index contributed by atoms with van der Waals surface area (Å²) in [6.45, 7) is 4.22. The van der Waals surface area contributed by atoms with Crippen LogP contribution in [0.25, 0.3) is 0 Å². The number of ether oxygens (including phenoxy) is 1. The van der Waals surface area contributed by atoms with Crippen LogP contribution in [0.3, 0.4) is 0 Å². The molecule has 0 saturated heterocycles. The minimum absolute atomic E-state index is 0.107. The van der Waals surface area contributed by atoms with E-state index < -0.39 is 10.7 Å². The van der Waals surface area contributed by atoms with Gasteiger partial charge in [-0.25, -0.2) is 4.39 Å². The lowest BCUT2D eigenvalue weighted by molar-refractivity contribution is -0.386. The maximum Gasteiger partial charge on any atom is 0.313 e. The van der Waals surface area contributed by atoms with Crippen molar-refractivity contribution < 1.29 is 14.1 Å². The first-order chi connectivity index (χ1) is 7.00. The van der Waals surface area contributed by atoms with Crippen LogP contribution >= 0.6 is 0 Å². The molecule has 0 unspecified atom stereocenters. The zero-order valence-corrected chi connectivity index (χ0v) is 8.57. The molecule has 0 radical (unpaired) electrons. The summed E-state index contributed by atoms with van der Waals surface area (Å²) in [7, 11) is 0. The number of nitro groups is 1. The van der Waals surface area contributed by atoms with Gasteiger partial charge in [0.05, 0.1) is 17.6 Å². The molecule has 0 aliphatic heterocycles. The highest BCUT2D eigenvalue weighted by Gasteiger charge is 2.16. The molecule has 0 heterocycles. The number of halogens is 1. The number of nitrogens with zero attached hydrogens (tertiary/aromatic N) is 1. The summed E-state index contributed by atoms with van der Waals surface area (Å²) >= 11 is 0. The molecule has 0 aliphatic rings. The normalized spacial score (nSPS) is 10.4. The predicted octanol–water partition coefficient (Wildman–Crippen LogP) is 2.77. The standard InChI is InChI=1S/C10H12FNO3/c1-7(2)6-15-10-4-3-8(11)5-9(10)12(13)14/h3-5,7H,6H2,1-2H3. The second-order valence-electron chi connectivity index (χ2n) is 3.57. The third-order valence-corrected chi connectivity index (χ3v) is 1.69. The summed E-state index contributed by atoms with van der Waals surface area (Å²) in [6.07, 6.45) is 0. The first-order valence-corrected chi connectivity index (χ1v) is 4.57. The Kier molecular flexibility index (Phi) is 3.60. The summed E-state index contributed by atoms with van der Waals surface area (Å²) in [4.78, 5) is 9.92. The molecule has 1 aromatic rings. The molecular weight excluding hydrogens is 201 g/mol. The highest BCUT2D eigenvalue weighted by atomic mass is 19.1. The Hall–Kier alpha value is -1.65. The van der Waals surface area contributed by atoms with Crippen molar-refractivity contribution in [3.8, 4) is 5.75 Å². The van der Waals surface area contributed by atoms with E-state index in [-0.39, 0.29) is 17.4 Å². The van der Waals surface area contributed by atoms with Gasteiger partial charge in [0.1, 0.15) is 5.82 Å². The average molecular weight is 213 g/mol. The van der Waals surface area contributed by atoms with Crippen LogP contribution < -0.4 is 4.74 Å². The highest BCUT2D eigenvalue weighted by molar-refractivity contribution is 5.46. The van der Waals surface area contributed by atoms with Crippen molar-refractivity contribution in [3.05, 3.63) is 34.1 Å². The van der Waals surface area contributed by atoms with Gasteiger partial charge in [-0.15, -0.1) is 0 Å². The van der Waals surface area contributed by atoms with Crippen LogP contribution in [0.15, 0.2) is 18.2 Å². The van der Waals surface area contributed by atoms with E-state index >= 15 is 0 Å². The summed E-state index contributed by atoms with van der Waals surface area (Å²) in [5, 5.41) is 10.6. The second-order valence-corrected chi connectivity index (χ2v) is 3.57. The van der Waals surface area contributed by atoms with E-state index in [1.807, 2.05) is 13.8 Å². The van der Waals surface area contributed by atoms with Gasteiger partial charge in [0.15, 0.2) is 5.75 Å². The number of hydrogen-bond donors (Lipinski definition) is 0. The van der Waals surface area contributed by atoms with Crippen molar-refractivity contribution in [1.29, 1.82) is 0 Å². The second kappa shape index (κ2) is 4.72. The van der Waals surface area contributed by atoms with Crippen molar-refractivity contribution in [2.45, 2.75) is 13.8 Å². The lowest BCUT2D eigenvalue weighted by atomic mass is 10.2. The van der Waals surface area contributed by atoms with Gasteiger partial charge >= 0.3 is 5.69 Å². The molecule has 0 saturated carbocycles. The molecule has 0 amide bonds. The Morgan fingerprint density at radius 3 is 2.73 bits per heavy atom. The topological polar surface area (TPSA) is 52.4 Å². The minimum atomic E-state index is -0.654. The van der Waals surface area contributed by atoms with E-state index in [1.165, 1.54) is 6.07 Å². The maximum absolute atomic E-state index is 12.7. The Labute approximate surface area is 86.8 Å². The summed E-state index contributed by atoms with van der Waals surface area (Å²) in [6, 6.07) is 3.27. The summed E-state index contributed by atoms with van der Waals surface area (Å²) in [5.74, 6) is -0.275. The smallest absolute Gasteiger partial charge is 0.313 e. The van der Waals surface area contributed by atoms with E-state index in [4.69, 9.17) is 4.74 Å². The Bertz CT molecular complexity index is 366. The minimum Gasteiger partial charge on any atom is -0.487 e. The largest absolute Gasteiger partial charge is 0.487 e. The third-order valence-electron chi connectivity index (χ3n) is 1.69. The van der Waals surface area contributed by atoms with Crippen LogP contribution in [0.4, 0.5) is 10.1 Å². The Morgan fingerprint density at radius 1 is 1.53 bits per heavy atom. The molecule has 4 nitrogen and oxygen atoms in total. The molecule has 0 aromatic heterocycles. The fraction of sp³-hybridized carbons (Fsp3) is 0.400. The van der Waals surface area contributed by atoms with Crippen molar-refractivity contribution in [2.24, 2.45) is 5.92 Å². The maximum atomic E-state index is 12.7. The Morgan fingerprint density at radius 2 is 2.20 bits per heavy atom. The van der Waals surface area contributed by atoms with Gasteiger partial charge in [-0.05, 0) is 18.1 Å². The van der Waals surface area contributed by atoms with Gasteiger partial charge in [-0.3, -0.25) is 10.1 Å². The van der Waals surface area contributed by atoms with Crippen LogP contribution in [0, 0.1) is 21.8 Å². The van der Waals surface area contributed by atoms with Gasteiger partial charge in [0.25, 0.3) is 0 Å². The molecule has 0 fully saturated rings. The van der Waals surface area contributed by atoms with Crippen molar-refractivity contribution in [3.63, 3.8) is 0 Å². The van der Waals surface area contributed by atoms with Crippen LogP contribution in [-0.4, -0.2) is 11.5 Å². The molecule has 0 bridgehead atoms. The molecule has 1 aromatic carbocycles. The highest BCUT2D eigenvalue weighted by Crippen LogP contribution is 2.27. The van der Waals surface area contributed by atoms with Crippen LogP contribution in [0.5, 0.6) is 5.75 Å². The SMILES string of the molecule is CC(C)COc1ccc(F)cc1[N+](=O)[O-]. The summed E-state index contributed by atoms with van der Waals surface area (Å²) in [5.41, 5.74) is -0.337. The van der Waals surface area contributed by atoms with E-state index in [0.29, 0.717) is 6.61 Å². The van der Waals surface area contributed by atoms with Gasteiger partial charge in [-0.1, -0.05) is 13.8 Å². The monoisotopic (exact) mass is 213 g/mol. The number of benzene rings is 1. The van der Waals surface area contributed by atoms with Gasteiger partial charge in [-0.2, -0.15) is 0 Å². The summed E-state index contributed by atoms with van der Waals surface area (Å²) < 4.78 is 18.0. The zero-order valence-electron chi connectivity index (χ0n) is 8.57. The van der Waals surface area contributed by atoms with E-state index in [1.54, 1.807) is 0 Å². The van der Waals surface area contributed by atoms with Crippen molar-refractivity contribution in [1.82, 2.24) is 0 Å². The molecule has 15 heavy (non-hydrogen) atoms. The molecule has 1 rings (SSSR count). The average Bonchev–Trinajstić information content (AvgIpc) is 2.15. The van der Waals surface area contributed by atoms with Gasteiger partial charge in [0.2, 0.25) is 0 Å². The molecule has 82 valence electrons. The lowest BCUT2D eigenvalue weighted by Gasteiger charge is -2.08. The quantitative estimate of drug-likeness (QED) is 0.570.